The number of amides is 1. The monoisotopic (exact) mass is 357 g/mol. The van der Waals surface area contributed by atoms with Gasteiger partial charge in [-0.25, -0.2) is 4.98 Å². The Morgan fingerprint density at radius 3 is 2.64 bits per heavy atom. The van der Waals surface area contributed by atoms with Crippen molar-refractivity contribution in [3.05, 3.63) is 47.1 Å². The minimum atomic E-state index is 0.0864. The van der Waals surface area contributed by atoms with Gasteiger partial charge in [0.05, 0.1) is 5.02 Å². The zero-order chi connectivity index (χ0) is 17.6. The zero-order valence-electron chi connectivity index (χ0n) is 13.8. The average molecular weight is 358 g/mol. The number of pyridine rings is 1. The highest BCUT2D eigenvalue weighted by Gasteiger charge is 2.21. The van der Waals surface area contributed by atoms with Crippen LogP contribution in [0.25, 0.3) is 0 Å². The van der Waals surface area contributed by atoms with Gasteiger partial charge in [0, 0.05) is 29.1 Å². The fourth-order valence-corrected chi connectivity index (χ4v) is 3.25. The van der Waals surface area contributed by atoms with Crippen molar-refractivity contribution in [1.29, 1.82) is 0 Å². The molecule has 2 aromatic rings. The summed E-state index contributed by atoms with van der Waals surface area (Å²) in [6, 6.07) is 8.97. The lowest BCUT2D eigenvalue weighted by Gasteiger charge is -2.21. The van der Waals surface area contributed by atoms with E-state index in [4.69, 9.17) is 11.6 Å². The van der Waals surface area contributed by atoms with Crippen molar-refractivity contribution in [3.8, 4) is 0 Å². The smallest absolute Gasteiger partial charge is 0.227 e. The maximum atomic E-state index is 12.4. The molecule has 0 radical (unpaired) electrons. The predicted molar refractivity (Wildman–Crippen MR) is 99.6 cm³/mol. The van der Waals surface area contributed by atoms with Gasteiger partial charge < -0.3 is 10.6 Å². The molecule has 1 aromatic heterocycles. The molecule has 0 saturated heterocycles. The molecule has 0 bridgehead atoms. The molecule has 6 heteroatoms. The molecule has 0 unspecified atom stereocenters. The Kier molecular flexibility index (Phi) is 5.66. The lowest BCUT2D eigenvalue weighted by Crippen LogP contribution is -2.24. The summed E-state index contributed by atoms with van der Waals surface area (Å²) in [6.45, 7) is 0. The van der Waals surface area contributed by atoms with E-state index in [1.54, 1.807) is 6.07 Å². The summed E-state index contributed by atoms with van der Waals surface area (Å²) in [5.41, 5.74) is 1.92. The van der Waals surface area contributed by atoms with Crippen molar-refractivity contribution in [2.45, 2.75) is 32.1 Å². The van der Waals surface area contributed by atoms with Crippen molar-refractivity contribution in [1.82, 2.24) is 4.98 Å². The number of nitrogens with one attached hydrogen (secondary N) is 2. The number of carbonyl (C=O) groups is 2. The van der Waals surface area contributed by atoms with Crippen LogP contribution in [0.5, 0.6) is 0 Å². The standard InChI is InChI=1S/C19H20ClN3O2/c20-17-9-13(12-24)11-21-18(17)22-15-7-4-8-16(10-15)23-19(25)14-5-2-1-3-6-14/h4,7-12,14H,1-3,5-6H2,(H,21,22)(H,23,25). The molecule has 1 aliphatic carbocycles. The maximum Gasteiger partial charge on any atom is 0.227 e. The second-order valence-electron chi connectivity index (χ2n) is 6.25. The number of halogens is 1. The van der Waals surface area contributed by atoms with Crippen LogP contribution >= 0.6 is 11.6 Å². The quantitative estimate of drug-likeness (QED) is 0.753. The van der Waals surface area contributed by atoms with Gasteiger partial charge in [0.2, 0.25) is 5.91 Å². The molecule has 1 amide bonds. The van der Waals surface area contributed by atoms with E-state index < -0.39 is 0 Å². The van der Waals surface area contributed by atoms with Crippen LogP contribution in [0.3, 0.4) is 0 Å². The topological polar surface area (TPSA) is 71.1 Å². The van der Waals surface area contributed by atoms with Gasteiger partial charge >= 0.3 is 0 Å². The second kappa shape index (κ2) is 8.12. The first-order chi connectivity index (χ1) is 12.2. The lowest BCUT2D eigenvalue weighted by molar-refractivity contribution is -0.120. The molecule has 1 fully saturated rings. The molecular formula is C19H20ClN3O2. The number of aromatic nitrogens is 1. The van der Waals surface area contributed by atoms with E-state index in [2.05, 4.69) is 15.6 Å². The molecule has 1 saturated carbocycles. The molecule has 25 heavy (non-hydrogen) atoms. The van der Waals surface area contributed by atoms with Crippen molar-refractivity contribution in [2.24, 2.45) is 5.92 Å². The Morgan fingerprint density at radius 1 is 1.16 bits per heavy atom. The van der Waals surface area contributed by atoms with E-state index in [1.807, 2.05) is 24.3 Å². The van der Waals surface area contributed by atoms with Crippen LogP contribution in [0, 0.1) is 5.92 Å². The van der Waals surface area contributed by atoms with Gasteiger partial charge in [-0.1, -0.05) is 36.9 Å². The summed E-state index contributed by atoms with van der Waals surface area (Å²) in [5.74, 6) is 0.656. The summed E-state index contributed by atoms with van der Waals surface area (Å²) in [5, 5.41) is 6.46. The maximum absolute atomic E-state index is 12.4. The molecule has 0 spiro atoms. The molecule has 3 rings (SSSR count). The van der Waals surface area contributed by atoms with Crippen LogP contribution < -0.4 is 10.6 Å². The number of hydrogen-bond acceptors (Lipinski definition) is 4. The Morgan fingerprint density at radius 2 is 1.92 bits per heavy atom. The summed E-state index contributed by atoms with van der Waals surface area (Å²) in [6.07, 6.45) is 7.56. The third-order valence-electron chi connectivity index (χ3n) is 4.37. The summed E-state index contributed by atoms with van der Waals surface area (Å²) in [4.78, 5) is 27.3. The highest BCUT2D eigenvalue weighted by molar-refractivity contribution is 6.33. The minimum Gasteiger partial charge on any atom is -0.339 e. The van der Waals surface area contributed by atoms with Crippen molar-refractivity contribution >= 4 is 41.0 Å². The van der Waals surface area contributed by atoms with E-state index in [-0.39, 0.29) is 11.8 Å². The average Bonchev–Trinajstić information content (AvgIpc) is 2.64. The van der Waals surface area contributed by atoms with Crippen molar-refractivity contribution in [3.63, 3.8) is 0 Å². The molecular weight excluding hydrogens is 338 g/mol. The third kappa shape index (κ3) is 4.57. The van der Waals surface area contributed by atoms with Gasteiger partial charge in [0.25, 0.3) is 0 Å². The van der Waals surface area contributed by atoms with Gasteiger partial charge in [0.15, 0.2) is 6.29 Å². The molecule has 0 atom stereocenters. The van der Waals surface area contributed by atoms with Crippen LogP contribution in [0.4, 0.5) is 17.2 Å². The number of rotatable bonds is 5. The Hall–Kier alpha value is -2.40. The molecule has 0 aliphatic heterocycles. The fourth-order valence-electron chi connectivity index (χ4n) is 3.03. The van der Waals surface area contributed by atoms with Gasteiger partial charge in [-0.05, 0) is 37.1 Å². The van der Waals surface area contributed by atoms with Crippen LogP contribution in [0.2, 0.25) is 5.02 Å². The minimum absolute atomic E-state index is 0.0864. The largest absolute Gasteiger partial charge is 0.339 e. The van der Waals surface area contributed by atoms with Crippen LogP contribution in [0.1, 0.15) is 42.5 Å². The Balaban J connectivity index is 1.69. The van der Waals surface area contributed by atoms with Crippen LogP contribution in [-0.2, 0) is 4.79 Å². The molecule has 1 aromatic carbocycles. The van der Waals surface area contributed by atoms with E-state index in [0.29, 0.717) is 22.7 Å². The van der Waals surface area contributed by atoms with Gasteiger partial charge in [-0.15, -0.1) is 0 Å². The van der Waals surface area contributed by atoms with Gasteiger partial charge in [0.1, 0.15) is 5.82 Å². The molecule has 1 heterocycles. The number of hydrogen-bond donors (Lipinski definition) is 2. The zero-order valence-corrected chi connectivity index (χ0v) is 14.6. The highest BCUT2D eigenvalue weighted by atomic mass is 35.5. The molecule has 2 N–H and O–H groups in total. The Labute approximate surface area is 151 Å². The predicted octanol–water partition coefficient (Wildman–Crippen LogP) is 4.81. The van der Waals surface area contributed by atoms with Gasteiger partial charge in [-0.3, -0.25) is 9.59 Å². The number of aldehydes is 1. The van der Waals surface area contributed by atoms with E-state index in [9.17, 15) is 9.59 Å². The number of nitrogens with zero attached hydrogens (tertiary/aromatic N) is 1. The lowest BCUT2D eigenvalue weighted by atomic mass is 9.88. The number of carbonyl (C=O) groups excluding carboxylic acids is 2. The second-order valence-corrected chi connectivity index (χ2v) is 6.65. The molecule has 5 nitrogen and oxygen atoms in total. The van der Waals surface area contributed by atoms with E-state index in [1.165, 1.54) is 12.6 Å². The summed E-state index contributed by atoms with van der Waals surface area (Å²) >= 11 is 6.13. The van der Waals surface area contributed by atoms with Crippen LogP contribution in [-0.4, -0.2) is 17.2 Å². The fraction of sp³-hybridized carbons (Fsp3) is 0.316. The number of benzene rings is 1. The highest BCUT2D eigenvalue weighted by Crippen LogP contribution is 2.27. The Bertz CT molecular complexity index is 773. The van der Waals surface area contributed by atoms with Crippen molar-refractivity contribution in [2.75, 3.05) is 10.6 Å². The van der Waals surface area contributed by atoms with E-state index >= 15 is 0 Å². The normalized spacial score (nSPS) is 14.8. The summed E-state index contributed by atoms with van der Waals surface area (Å²) in [7, 11) is 0. The summed E-state index contributed by atoms with van der Waals surface area (Å²) < 4.78 is 0. The van der Waals surface area contributed by atoms with E-state index in [0.717, 1.165) is 37.1 Å². The number of anilines is 3. The van der Waals surface area contributed by atoms with Crippen LogP contribution in [0.15, 0.2) is 36.5 Å². The molecule has 130 valence electrons. The third-order valence-corrected chi connectivity index (χ3v) is 4.66. The van der Waals surface area contributed by atoms with Gasteiger partial charge in [-0.2, -0.15) is 0 Å². The SMILES string of the molecule is O=Cc1cnc(Nc2cccc(NC(=O)C3CCCCC3)c2)c(Cl)c1. The van der Waals surface area contributed by atoms with Crippen molar-refractivity contribution < 1.29 is 9.59 Å². The first kappa shape index (κ1) is 17.4. The first-order valence-corrected chi connectivity index (χ1v) is 8.82. The first-order valence-electron chi connectivity index (χ1n) is 8.44. The molecule has 1 aliphatic rings.